The van der Waals surface area contributed by atoms with Crippen LogP contribution in [0.25, 0.3) is 11.4 Å². The van der Waals surface area contributed by atoms with E-state index in [4.69, 9.17) is 14.0 Å². The van der Waals surface area contributed by atoms with E-state index in [0.717, 1.165) is 15.8 Å². The van der Waals surface area contributed by atoms with Crippen LogP contribution < -0.4 is 10.1 Å². The second kappa shape index (κ2) is 6.53. The Morgan fingerprint density at radius 1 is 1.37 bits per heavy atom. The number of hydrogen-bond acceptors (Lipinski definition) is 6. The van der Waals surface area contributed by atoms with E-state index < -0.39 is 0 Å². The Labute approximate surface area is 119 Å². The van der Waals surface area contributed by atoms with E-state index in [0.29, 0.717) is 25.0 Å². The van der Waals surface area contributed by atoms with Crippen molar-refractivity contribution < 1.29 is 14.0 Å². The number of ether oxygens (including phenoxy) is 2. The van der Waals surface area contributed by atoms with Crippen LogP contribution in [0.1, 0.15) is 0 Å². The molecule has 0 saturated carbocycles. The predicted molar refractivity (Wildman–Crippen MR) is 74.4 cm³/mol. The highest BCUT2D eigenvalue weighted by Gasteiger charge is 2.10. The molecule has 0 aliphatic rings. The number of benzene rings is 1. The molecule has 2 rings (SSSR count). The molecule has 1 aromatic carbocycles. The number of halogens is 1. The molecule has 1 N–H and O–H groups in total. The summed E-state index contributed by atoms with van der Waals surface area (Å²) in [7, 11) is 3.25. The number of nitrogens with one attached hydrogen (secondary N) is 1. The van der Waals surface area contributed by atoms with Gasteiger partial charge in [-0.15, -0.1) is 0 Å². The Balaban J connectivity index is 2.11. The summed E-state index contributed by atoms with van der Waals surface area (Å²) in [6.45, 7) is 1.19. The molecular weight excluding hydrogens is 314 g/mol. The molecular formula is C12H14BrN3O3. The summed E-state index contributed by atoms with van der Waals surface area (Å²) in [6, 6.07) is 5.96. The van der Waals surface area contributed by atoms with Gasteiger partial charge in [-0.05, 0) is 34.1 Å². The highest BCUT2D eigenvalue weighted by molar-refractivity contribution is 9.10. The lowest BCUT2D eigenvalue weighted by Gasteiger charge is -2.03. The number of anilines is 1. The molecule has 0 saturated heterocycles. The lowest BCUT2D eigenvalue weighted by Crippen LogP contribution is -2.07. The second-order valence-electron chi connectivity index (χ2n) is 3.69. The predicted octanol–water partition coefficient (Wildman–Crippen LogP) is 2.57. The minimum atomic E-state index is 0.374. The van der Waals surface area contributed by atoms with Crippen molar-refractivity contribution in [1.29, 1.82) is 0 Å². The van der Waals surface area contributed by atoms with E-state index in [2.05, 4.69) is 31.4 Å². The molecule has 0 spiro atoms. The van der Waals surface area contributed by atoms with Crippen LogP contribution in [-0.2, 0) is 4.74 Å². The topological polar surface area (TPSA) is 69.4 Å². The van der Waals surface area contributed by atoms with E-state index in [-0.39, 0.29) is 0 Å². The number of nitrogens with zero attached hydrogens (tertiary/aromatic N) is 2. The number of rotatable bonds is 6. The Hall–Kier alpha value is -1.60. The maximum absolute atomic E-state index is 5.17. The van der Waals surface area contributed by atoms with E-state index in [9.17, 15) is 0 Å². The second-order valence-corrected chi connectivity index (χ2v) is 4.55. The molecule has 0 fully saturated rings. The van der Waals surface area contributed by atoms with Crippen molar-refractivity contribution in [2.75, 3.05) is 32.7 Å². The van der Waals surface area contributed by atoms with Gasteiger partial charge in [0.15, 0.2) is 0 Å². The first-order valence-corrected chi connectivity index (χ1v) is 6.44. The Bertz CT molecular complexity index is 545. The first-order chi connectivity index (χ1) is 9.24. The summed E-state index contributed by atoms with van der Waals surface area (Å²) in [5.41, 5.74) is 0.844. The fourth-order valence-electron chi connectivity index (χ4n) is 1.48. The van der Waals surface area contributed by atoms with E-state index in [1.807, 2.05) is 18.2 Å². The van der Waals surface area contributed by atoms with Gasteiger partial charge in [-0.25, -0.2) is 0 Å². The van der Waals surface area contributed by atoms with E-state index in [1.54, 1.807) is 14.2 Å². The van der Waals surface area contributed by atoms with Crippen molar-refractivity contribution in [3.05, 3.63) is 22.7 Å². The summed E-state index contributed by atoms with van der Waals surface area (Å²) in [5.74, 6) is 1.27. The van der Waals surface area contributed by atoms with Gasteiger partial charge >= 0.3 is 6.01 Å². The Morgan fingerprint density at radius 2 is 2.21 bits per heavy atom. The van der Waals surface area contributed by atoms with Crippen LogP contribution in [0, 0.1) is 0 Å². The molecule has 0 radical (unpaired) electrons. The van der Waals surface area contributed by atoms with Gasteiger partial charge in [-0.2, -0.15) is 4.98 Å². The Kier molecular flexibility index (Phi) is 4.75. The van der Waals surface area contributed by atoms with Gasteiger partial charge in [0.25, 0.3) is 0 Å². The van der Waals surface area contributed by atoms with Crippen molar-refractivity contribution in [3.63, 3.8) is 0 Å². The van der Waals surface area contributed by atoms with Crippen LogP contribution in [0.15, 0.2) is 27.2 Å². The maximum atomic E-state index is 5.17. The molecule has 1 aromatic heterocycles. The van der Waals surface area contributed by atoms with Crippen LogP contribution in [0.5, 0.6) is 5.75 Å². The number of hydrogen-bond donors (Lipinski definition) is 1. The monoisotopic (exact) mass is 327 g/mol. The summed E-state index contributed by atoms with van der Waals surface area (Å²) >= 11 is 3.42. The van der Waals surface area contributed by atoms with Crippen molar-refractivity contribution in [2.24, 2.45) is 0 Å². The molecule has 1 heterocycles. The van der Waals surface area contributed by atoms with Gasteiger partial charge < -0.3 is 19.3 Å². The number of methoxy groups -OCH3 is 2. The molecule has 0 amide bonds. The summed E-state index contributed by atoms with van der Waals surface area (Å²) in [6.07, 6.45) is 0. The SMILES string of the molecule is COCCNc1nc(-c2ccc(OC)c(Br)c2)no1. The lowest BCUT2D eigenvalue weighted by molar-refractivity contribution is 0.210. The van der Waals surface area contributed by atoms with E-state index in [1.165, 1.54) is 0 Å². The third-order valence-electron chi connectivity index (χ3n) is 2.42. The molecule has 0 aliphatic heterocycles. The minimum Gasteiger partial charge on any atom is -0.496 e. The third-order valence-corrected chi connectivity index (χ3v) is 3.04. The first kappa shape index (κ1) is 13.8. The molecule has 0 unspecified atom stereocenters. The standard InChI is InChI=1S/C12H14BrN3O3/c1-17-6-5-14-12-15-11(16-19-12)8-3-4-10(18-2)9(13)7-8/h3-4,7H,5-6H2,1-2H3,(H,14,15,16). The summed E-state index contributed by atoms with van der Waals surface area (Å²) < 4.78 is 16.0. The van der Waals surface area contributed by atoms with Crippen molar-refractivity contribution in [1.82, 2.24) is 10.1 Å². The molecule has 0 aliphatic carbocycles. The maximum Gasteiger partial charge on any atom is 0.321 e. The number of aromatic nitrogens is 2. The fraction of sp³-hybridized carbons (Fsp3) is 0.333. The van der Waals surface area contributed by atoms with Crippen molar-refractivity contribution in [2.45, 2.75) is 0 Å². The van der Waals surface area contributed by atoms with Gasteiger partial charge in [0.05, 0.1) is 18.2 Å². The van der Waals surface area contributed by atoms with Crippen molar-refractivity contribution >= 4 is 21.9 Å². The molecule has 102 valence electrons. The first-order valence-electron chi connectivity index (χ1n) is 5.65. The van der Waals surface area contributed by atoms with Crippen LogP contribution in [0.4, 0.5) is 6.01 Å². The van der Waals surface area contributed by atoms with E-state index >= 15 is 0 Å². The van der Waals surface area contributed by atoms with Crippen LogP contribution in [-0.4, -0.2) is 37.5 Å². The fourth-order valence-corrected chi connectivity index (χ4v) is 2.02. The van der Waals surface area contributed by atoms with Gasteiger partial charge in [0.2, 0.25) is 5.82 Å². The van der Waals surface area contributed by atoms with Gasteiger partial charge in [-0.3, -0.25) is 0 Å². The quantitative estimate of drug-likeness (QED) is 0.822. The van der Waals surface area contributed by atoms with Crippen LogP contribution in [0.3, 0.4) is 0 Å². The highest BCUT2D eigenvalue weighted by Crippen LogP contribution is 2.29. The lowest BCUT2D eigenvalue weighted by atomic mass is 10.2. The molecule has 6 nitrogen and oxygen atoms in total. The van der Waals surface area contributed by atoms with Gasteiger partial charge in [-0.1, -0.05) is 5.16 Å². The molecule has 0 atom stereocenters. The van der Waals surface area contributed by atoms with Crippen LogP contribution in [0.2, 0.25) is 0 Å². The third kappa shape index (κ3) is 3.45. The largest absolute Gasteiger partial charge is 0.496 e. The average molecular weight is 328 g/mol. The van der Waals surface area contributed by atoms with Crippen molar-refractivity contribution in [3.8, 4) is 17.1 Å². The average Bonchev–Trinajstić information content (AvgIpc) is 2.88. The van der Waals surface area contributed by atoms with Gasteiger partial charge in [0.1, 0.15) is 5.75 Å². The van der Waals surface area contributed by atoms with Gasteiger partial charge in [0, 0.05) is 19.2 Å². The molecule has 7 heteroatoms. The Morgan fingerprint density at radius 3 is 2.89 bits per heavy atom. The minimum absolute atomic E-state index is 0.374. The summed E-state index contributed by atoms with van der Waals surface area (Å²) in [5, 5.41) is 6.88. The zero-order valence-corrected chi connectivity index (χ0v) is 12.2. The highest BCUT2D eigenvalue weighted by atomic mass is 79.9. The summed E-state index contributed by atoms with van der Waals surface area (Å²) in [4.78, 5) is 4.24. The molecule has 19 heavy (non-hydrogen) atoms. The zero-order chi connectivity index (χ0) is 13.7. The zero-order valence-electron chi connectivity index (χ0n) is 10.6. The van der Waals surface area contributed by atoms with Crippen LogP contribution >= 0.6 is 15.9 Å². The smallest absolute Gasteiger partial charge is 0.321 e. The molecule has 0 bridgehead atoms. The normalized spacial score (nSPS) is 10.5. The molecule has 2 aromatic rings.